The van der Waals surface area contributed by atoms with Crippen molar-refractivity contribution < 1.29 is 28.2 Å². The van der Waals surface area contributed by atoms with Gasteiger partial charge in [0.2, 0.25) is 0 Å². The van der Waals surface area contributed by atoms with Crippen LogP contribution < -0.4 is 5.32 Å². The van der Waals surface area contributed by atoms with Gasteiger partial charge < -0.3 is 15.2 Å². The van der Waals surface area contributed by atoms with E-state index in [1.54, 1.807) is 20.8 Å². The summed E-state index contributed by atoms with van der Waals surface area (Å²) in [6.45, 7) is 5.03. The number of nitrogens with one attached hydrogen (secondary N) is 1. The summed E-state index contributed by atoms with van der Waals surface area (Å²) < 4.78 is 30.1. The minimum atomic E-state index is -2.61. The van der Waals surface area contributed by atoms with Gasteiger partial charge in [-0.15, -0.1) is 0 Å². The van der Waals surface area contributed by atoms with E-state index in [9.17, 15) is 18.4 Å². The number of hydrogen-bond donors (Lipinski definition) is 2. The normalized spacial score (nSPS) is 12.8. The Morgan fingerprint density at radius 1 is 1.18 bits per heavy atom. The van der Waals surface area contributed by atoms with E-state index in [0.717, 1.165) is 0 Å². The molecule has 0 aliphatic heterocycles. The lowest BCUT2D eigenvalue weighted by Crippen LogP contribution is -2.35. The Labute approximate surface area is 127 Å². The maximum Gasteiger partial charge on any atom is 0.408 e. The zero-order chi connectivity index (χ0) is 16.9. The first kappa shape index (κ1) is 17.9. The molecule has 122 valence electrons. The molecule has 1 aromatic rings. The van der Waals surface area contributed by atoms with E-state index >= 15 is 0 Å². The summed E-state index contributed by atoms with van der Waals surface area (Å²) in [5.74, 6) is -1.13. The van der Waals surface area contributed by atoms with Crippen LogP contribution in [0.3, 0.4) is 0 Å². The van der Waals surface area contributed by atoms with Crippen molar-refractivity contribution in [3.8, 4) is 0 Å². The van der Waals surface area contributed by atoms with Gasteiger partial charge in [0, 0.05) is 5.56 Å². The summed E-state index contributed by atoms with van der Waals surface area (Å²) in [7, 11) is 0. The third kappa shape index (κ3) is 6.07. The number of halogens is 2. The van der Waals surface area contributed by atoms with E-state index in [1.807, 2.05) is 0 Å². The summed E-state index contributed by atoms with van der Waals surface area (Å²) in [6.07, 6.45) is -3.75. The van der Waals surface area contributed by atoms with Crippen LogP contribution in [-0.4, -0.2) is 22.8 Å². The molecule has 0 radical (unpaired) electrons. The maximum absolute atomic E-state index is 12.5. The summed E-state index contributed by atoms with van der Waals surface area (Å²) >= 11 is 0. The summed E-state index contributed by atoms with van der Waals surface area (Å²) in [4.78, 5) is 22.7. The van der Waals surface area contributed by atoms with Gasteiger partial charge >= 0.3 is 12.1 Å². The van der Waals surface area contributed by atoms with Gasteiger partial charge in [0.1, 0.15) is 5.60 Å². The molecule has 1 rings (SSSR count). The zero-order valence-corrected chi connectivity index (χ0v) is 12.6. The molecular formula is C15H19F2NO4. The van der Waals surface area contributed by atoms with Crippen molar-refractivity contribution in [2.24, 2.45) is 0 Å². The van der Waals surface area contributed by atoms with Crippen molar-refractivity contribution in [2.75, 3.05) is 0 Å². The van der Waals surface area contributed by atoms with Crippen molar-refractivity contribution in [1.82, 2.24) is 5.32 Å². The third-order valence-corrected chi connectivity index (χ3v) is 2.66. The zero-order valence-electron chi connectivity index (χ0n) is 12.6. The highest BCUT2D eigenvalue weighted by Crippen LogP contribution is 2.23. The van der Waals surface area contributed by atoms with Crippen LogP contribution in [0.25, 0.3) is 0 Å². The Kier molecular flexibility index (Phi) is 5.84. The molecule has 0 unspecified atom stereocenters. The van der Waals surface area contributed by atoms with Crippen LogP contribution in [0.4, 0.5) is 13.6 Å². The van der Waals surface area contributed by atoms with E-state index in [-0.39, 0.29) is 12.0 Å². The number of alkyl halides is 2. The number of carbonyl (C=O) groups excluding carboxylic acids is 1. The summed E-state index contributed by atoms with van der Waals surface area (Å²) in [5.41, 5.74) is -0.482. The first-order chi connectivity index (χ1) is 10.1. The Hall–Kier alpha value is -2.18. The number of carboxylic acid groups (broad SMARTS) is 1. The fraction of sp³-hybridized carbons (Fsp3) is 0.467. The topological polar surface area (TPSA) is 75.6 Å². The van der Waals surface area contributed by atoms with Crippen molar-refractivity contribution in [2.45, 2.75) is 45.3 Å². The molecule has 0 spiro atoms. The number of rotatable bonds is 5. The minimum Gasteiger partial charge on any atom is -0.481 e. The number of ether oxygens (including phenoxy) is 1. The van der Waals surface area contributed by atoms with Crippen LogP contribution in [0.1, 0.15) is 50.8 Å². The Morgan fingerprint density at radius 3 is 2.09 bits per heavy atom. The molecule has 0 bridgehead atoms. The monoisotopic (exact) mass is 315 g/mol. The molecule has 1 amide bonds. The summed E-state index contributed by atoms with van der Waals surface area (Å²) in [6, 6.07) is 4.27. The fourth-order valence-corrected chi connectivity index (χ4v) is 1.75. The van der Waals surface area contributed by atoms with Gasteiger partial charge in [-0.2, -0.15) is 0 Å². The molecule has 0 fully saturated rings. The predicted molar refractivity (Wildman–Crippen MR) is 75.8 cm³/mol. The van der Waals surface area contributed by atoms with Gasteiger partial charge in [0.15, 0.2) is 0 Å². The quantitative estimate of drug-likeness (QED) is 0.869. The fourth-order valence-electron chi connectivity index (χ4n) is 1.75. The first-order valence-electron chi connectivity index (χ1n) is 6.68. The van der Waals surface area contributed by atoms with Gasteiger partial charge in [-0.1, -0.05) is 24.3 Å². The maximum atomic E-state index is 12.5. The number of carbonyl (C=O) groups is 2. The van der Waals surface area contributed by atoms with Gasteiger partial charge in [-0.05, 0) is 26.3 Å². The smallest absolute Gasteiger partial charge is 0.408 e. The molecule has 0 aliphatic carbocycles. The number of alkyl carbamates (subject to hydrolysis) is 1. The second kappa shape index (κ2) is 7.20. The van der Waals surface area contributed by atoms with Crippen molar-refractivity contribution in [1.29, 1.82) is 0 Å². The Morgan fingerprint density at radius 2 is 1.68 bits per heavy atom. The summed E-state index contributed by atoms with van der Waals surface area (Å²) in [5, 5.41) is 11.4. The molecule has 1 aromatic carbocycles. The molecule has 7 heteroatoms. The number of hydrogen-bond acceptors (Lipinski definition) is 3. The molecule has 5 nitrogen and oxygen atoms in total. The highest BCUT2D eigenvalue weighted by molar-refractivity contribution is 5.72. The number of amides is 1. The lowest BCUT2D eigenvalue weighted by molar-refractivity contribution is -0.137. The molecule has 22 heavy (non-hydrogen) atoms. The van der Waals surface area contributed by atoms with Crippen molar-refractivity contribution in [3.05, 3.63) is 35.4 Å². The van der Waals surface area contributed by atoms with Crippen molar-refractivity contribution >= 4 is 12.1 Å². The average molecular weight is 315 g/mol. The van der Waals surface area contributed by atoms with E-state index in [2.05, 4.69) is 5.32 Å². The number of aliphatic carboxylic acids is 1. The van der Waals surface area contributed by atoms with Crippen LogP contribution in [0.5, 0.6) is 0 Å². The van der Waals surface area contributed by atoms with E-state index in [0.29, 0.717) is 5.56 Å². The number of carboxylic acids is 1. The van der Waals surface area contributed by atoms with Crippen LogP contribution in [0.15, 0.2) is 24.3 Å². The second-order valence-corrected chi connectivity index (χ2v) is 5.76. The molecule has 0 saturated heterocycles. The SMILES string of the molecule is CC(C)(C)OC(=O)N[C@H](CC(=O)O)c1ccc(C(F)F)cc1. The Balaban J connectivity index is 2.88. The highest BCUT2D eigenvalue weighted by atomic mass is 19.3. The molecule has 0 saturated carbocycles. The molecule has 0 heterocycles. The molecule has 2 N–H and O–H groups in total. The molecule has 0 aromatic heterocycles. The van der Waals surface area contributed by atoms with Crippen LogP contribution >= 0.6 is 0 Å². The van der Waals surface area contributed by atoms with Gasteiger partial charge in [-0.3, -0.25) is 4.79 Å². The third-order valence-electron chi connectivity index (χ3n) is 2.66. The number of benzene rings is 1. The van der Waals surface area contributed by atoms with E-state index in [4.69, 9.17) is 9.84 Å². The molecule has 0 aliphatic rings. The van der Waals surface area contributed by atoms with Crippen LogP contribution in [0.2, 0.25) is 0 Å². The van der Waals surface area contributed by atoms with Gasteiger partial charge in [0.25, 0.3) is 6.43 Å². The average Bonchev–Trinajstić information content (AvgIpc) is 2.35. The lowest BCUT2D eigenvalue weighted by atomic mass is 10.0. The van der Waals surface area contributed by atoms with Crippen molar-refractivity contribution in [3.63, 3.8) is 0 Å². The van der Waals surface area contributed by atoms with Gasteiger partial charge in [0.05, 0.1) is 12.5 Å². The van der Waals surface area contributed by atoms with E-state index < -0.39 is 30.1 Å². The highest BCUT2D eigenvalue weighted by Gasteiger charge is 2.22. The molecule has 1 atom stereocenters. The minimum absolute atomic E-state index is 0.171. The first-order valence-corrected chi connectivity index (χ1v) is 6.68. The van der Waals surface area contributed by atoms with Gasteiger partial charge in [-0.25, -0.2) is 13.6 Å². The van der Waals surface area contributed by atoms with Crippen LogP contribution in [-0.2, 0) is 9.53 Å². The Bertz CT molecular complexity index is 523. The van der Waals surface area contributed by atoms with Crippen LogP contribution in [0, 0.1) is 0 Å². The standard InChI is InChI=1S/C15H19F2NO4/c1-15(2,3)22-14(21)18-11(8-12(19)20)9-4-6-10(7-5-9)13(16)17/h4-7,11,13H,8H2,1-3H3,(H,18,21)(H,19,20)/t11-/m1/s1. The van der Waals surface area contributed by atoms with E-state index in [1.165, 1.54) is 24.3 Å². The largest absolute Gasteiger partial charge is 0.481 e. The molecular weight excluding hydrogens is 296 g/mol. The second-order valence-electron chi connectivity index (χ2n) is 5.76. The lowest BCUT2D eigenvalue weighted by Gasteiger charge is -2.23. The predicted octanol–water partition coefficient (Wildman–Crippen LogP) is 3.66.